The third-order valence-electron chi connectivity index (χ3n) is 4.15. The van der Waals surface area contributed by atoms with E-state index in [4.69, 9.17) is 4.74 Å². The highest BCUT2D eigenvalue weighted by molar-refractivity contribution is 9.10. The van der Waals surface area contributed by atoms with Crippen LogP contribution in [0, 0.1) is 6.92 Å². The molecule has 0 saturated carbocycles. The Kier molecular flexibility index (Phi) is 6.98. The van der Waals surface area contributed by atoms with Crippen molar-refractivity contribution in [3.8, 4) is 5.75 Å². The van der Waals surface area contributed by atoms with Gasteiger partial charge in [-0.3, -0.25) is 4.79 Å². The minimum absolute atomic E-state index is 0.239. The van der Waals surface area contributed by atoms with Gasteiger partial charge in [-0.05, 0) is 64.3 Å². The number of aliphatic carboxylic acids is 1. The minimum atomic E-state index is -1.24. The first kappa shape index (κ1) is 21.3. The average molecular weight is 467 g/mol. The van der Waals surface area contributed by atoms with E-state index in [2.05, 4.69) is 32.3 Å². The van der Waals surface area contributed by atoms with Crippen LogP contribution in [0.15, 0.2) is 77.2 Å². The van der Waals surface area contributed by atoms with Crippen LogP contribution in [0.3, 0.4) is 0 Å². The van der Waals surface area contributed by atoms with E-state index < -0.39 is 11.9 Å². The maximum Gasteiger partial charge on any atom is 0.352 e. The molecule has 0 aliphatic heterocycles. The quantitative estimate of drug-likeness (QED) is 0.392. The fourth-order valence-electron chi connectivity index (χ4n) is 2.65. The number of hydrogen-bond acceptors (Lipinski definition) is 4. The first-order chi connectivity index (χ1) is 14.4. The van der Waals surface area contributed by atoms with Crippen molar-refractivity contribution >= 4 is 33.9 Å². The summed E-state index contributed by atoms with van der Waals surface area (Å²) in [4.78, 5) is 27.8. The van der Waals surface area contributed by atoms with Gasteiger partial charge in [0.1, 0.15) is 22.7 Å². The Balaban J connectivity index is 1.67. The molecule has 2 N–H and O–H groups in total. The lowest BCUT2D eigenvalue weighted by molar-refractivity contribution is -0.132. The Morgan fingerprint density at radius 3 is 2.53 bits per heavy atom. The van der Waals surface area contributed by atoms with E-state index in [0.717, 1.165) is 5.56 Å². The van der Waals surface area contributed by atoms with E-state index >= 15 is 0 Å². The molecular weight excluding hydrogens is 448 g/mol. The second-order valence-electron chi connectivity index (χ2n) is 6.53. The molecule has 0 atom stereocenters. The van der Waals surface area contributed by atoms with Crippen LogP contribution in [0.1, 0.15) is 27.0 Å². The van der Waals surface area contributed by atoms with Crippen molar-refractivity contribution in [3.05, 3.63) is 99.4 Å². The number of carbonyl (C=O) groups excluding carboxylic acids is 1. The van der Waals surface area contributed by atoms with Gasteiger partial charge in [0.2, 0.25) is 0 Å². The first-order valence-corrected chi connectivity index (χ1v) is 9.86. The minimum Gasteiger partial charge on any atom is -0.489 e. The summed E-state index contributed by atoms with van der Waals surface area (Å²) in [5.74, 6) is -1.13. The molecule has 0 aliphatic rings. The van der Waals surface area contributed by atoms with Crippen molar-refractivity contribution in [2.45, 2.75) is 13.5 Å². The molecule has 3 aromatic rings. The topological polar surface area (TPSA) is 88.5 Å². The van der Waals surface area contributed by atoms with E-state index in [-0.39, 0.29) is 11.3 Å². The normalized spacial score (nSPS) is 11.1. The van der Waals surface area contributed by atoms with Crippen LogP contribution in [0.2, 0.25) is 0 Å². The molecule has 7 heteroatoms. The Morgan fingerprint density at radius 1 is 1.13 bits per heavy atom. The van der Waals surface area contributed by atoms with Crippen molar-refractivity contribution in [3.63, 3.8) is 0 Å². The zero-order valence-corrected chi connectivity index (χ0v) is 17.7. The number of nitrogens with zero attached hydrogens (tertiary/aromatic N) is 1. The lowest BCUT2D eigenvalue weighted by Gasteiger charge is -2.08. The van der Waals surface area contributed by atoms with Gasteiger partial charge < -0.3 is 15.2 Å². The van der Waals surface area contributed by atoms with Gasteiger partial charge in [0.05, 0.1) is 5.56 Å². The Bertz CT molecular complexity index is 1080. The third kappa shape index (κ3) is 6.02. The smallest absolute Gasteiger partial charge is 0.352 e. The number of pyridine rings is 1. The summed E-state index contributed by atoms with van der Waals surface area (Å²) in [7, 11) is 0. The number of benzene rings is 2. The number of ether oxygens (including phenoxy) is 1. The molecule has 0 spiro atoms. The van der Waals surface area contributed by atoms with E-state index in [1.165, 1.54) is 17.8 Å². The second-order valence-corrected chi connectivity index (χ2v) is 7.35. The lowest BCUT2D eigenvalue weighted by atomic mass is 10.1. The maximum absolute atomic E-state index is 12.3. The van der Waals surface area contributed by atoms with E-state index in [9.17, 15) is 14.7 Å². The molecule has 3 rings (SSSR count). The molecule has 0 unspecified atom stereocenters. The Hall–Kier alpha value is -3.45. The van der Waals surface area contributed by atoms with Crippen LogP contribution in [-0.2, 0) is 11.4 Å². The van der Waals surface area contributed by atoms with Gasteiger partial charge in [-0.15, -0.1) is 0 Å². The summed E-state index contributed by atoms with van der Waals surface area (Å²) in [6.07, 6.45) is 2.75. The van der Waals surface area contributed by atoms with Crippen molar-refractivity contribution in [2.75, 3.05) is 0 Å². The SMILES string of the molecule is Cc1cccc(COc2ccc(/C=C(/NC(=O)c3ccc(Br)nc3)C(=O)O)cc2)c1. The van der Waals surface area contributed by atoms with Gasteiger partial charge in [0.15, 0.2) is 0 Å². The van der Waals surface area contributed by atoms with Gasteiger partial charge in [-0.1, -0.05) is 42.0 Å². The average Bonchev–Trinajstić information content (AvgIpc) is 2.73. The standard InChI is InChI=1S/C23H19BrN2O4/c1-15-3-2-4-17(11-15)14-30-19-8-5-16(6-9-19)12-20(23(28)29)26-22(27)18-7-10-21(24)25-13-18/h2-13H,14H2,1H3,(H,26,27)(H,28,29)/b20-12+. The number of aromatic nitrogens is 1. The van der Waals surface area contributed by atoms with Gasteiger partial charge in [-0.2, -0.15) is 0 Å². The van der Waals surface area contributed by atoms with Crippen molar-refractivity contribution in [2.24, 2.45) is 0 Å². The summed E-state index contributed by atoms with van der Waals surface area (Å²) in [6.45, 7) is 2.46. The summed E-state index contributed by atoms with van der Waals surface area (Å²) >= 11 is 3.19. The van der Waals surface area contributed by atoms with Gasteiger partial charge in [0.25, 0.3) is 5.91 Å². The number of amides is 1. The highest BCUT2D eigenvalue weighted by atomic mass is 79.9. The molecular formula is C23H19BrN2O4. The molecule has 2 aromatic carbocycles. The predicted molar refractivity (Wildman–Crippen MR) is 117 cm³/mol. The molecule has 6 nitrogen and oxygen atoms in total. The molecule has 0 saturated heterocycles. The highest BCUT2D eigenvalue weighted by Gasteiger charge is 2.14. The number of carboxylic acids is 1. The molecule has 30 heavy (non-hydrogen) atoms. The van der Waals surface area contributed by atoms with Crippen LogP contribution in [0.25, 0.3) is 6.08 Å². The van der Waals surface area contributed by atoms with Crippen LogP contribution in [-0.4, -0.2) is 22.0 Å². The molecule has 0 bridgehead atoms. The monoisotopic (exact) mass is 466 g/mol. The molecule has 1 heterocycles. The molecule has 0 aliphatic carbocycles. The Morgan fingerprint density at radius 2 is 1.90 bits per heavy atom. The zero-order chi connectivity index (χ0) is 21.5. The summed E-state index contributed by atoms with van der Waals surface area (Å²) in [5.41, 5.74) is 2.86. The number of aryl methyl sites for hydroxylation is 1. The van der Waals surface area contributed by atoms with Crippen molar-refractivity contribution in [1.82, 2.24) is 10.3 Å². The lowest BCUT2D eigenvalue weighted by Crippen LogP contribution is -2.27. The number of rotatable bonds is 7. The maximum atomic E-state index is 12.3. The predicted octanol–water partition coefficient (Wildman–Crippen LogP) is 4.59. The van der Waals surface area contributed by atoms with Crippen LogP contribution >= 0.6 is 15.9 Å². The van der Waals surface area contributed by atoms with E-state index in [0.29, 0.717) is 22.5 Å². The fourth-order valence-corrected chi connectivity index (χ4v) is 2.89. The summed E-state index contributed by atoms with van der Waals surface area (Å²) in [6, 6.07) is 18.2. The number of hydrogen-bond donors (Lipinski definition) is 2. The summed E-state index contributed by atoms with van der Waals surface area (Å²) < 4.78 is 6.35. The first-order valence-electron chi connectivity index (χ1n) is 9.07. The third-order valence-corrected chi connectivity index (χ3v) is 4.62. The van der Waals surface area contributed by atoms with Crippen LogP contribution in [0.4, 0.5) is 0 Å². The number of carbonyl (C=O) groups is 2. The molecule has 0 fully saturated rings. The highest BCUT2D eigenvalue weighted by Crippen LogP contribution is 2.17. The molecule has 152 valence electrons. The number of halogens is 1. The Labute approximate surface area is 182 Å². The number of nitrogens with one attached hydrogen (secondary N) is 1. The van der Waals surface area contributed by atoms with E-state index in [1.807, 2.05) is 25.1 Å². The molecule has 0 radical (unpaired) electrons. The number of carboxylic acid groups (broad SMARTS) is 1. The van der Waals surface area contributed by atoms with Crippen molar-refractivity contribution < 1.29 is 19.4 Å². The molecule has 1 aromatic heterocycles. The van der Waals surface area contributed by atoms with Crippen LogP contribution < -0.4 is 10.1 Å². The van der Waals surface area contributed by atoms with Crippen LogP contribution in [0.5, 0.6) is 5.75 Å². The van der Waals surface area contributed by atoms with Gasteiger partial charge in [0, 0.05) is 6.20 Å². The fraction of sp³-hybridized carbons (Fsp3) is 0.0870. The van der Waals surface area contributed by atoms with E-state index in [1.54, 1.807) is 36.4 Å². The second kappa shape index (κ2) is 9.84. The largest absolute Gasteiger partial charge is 0.489 e. The summed E-state index contributed by atoms with van der Waals surface area (Å²) in [5, 5.41) is 11.8. The van der Waals surface area contributed by atoms with Gasteiger partial charge in [-0.25, -0.2) is 9.78 Å². The van der Waals surface area contributed by atoms with Gasteiger partial charge >= 0.3 is 5.97 Å². The van der Waals surface area contributed by atoms with Crippen molar-refractivity contribution in [1.29, 1.82) is 0 Å². The zero-order valence-electron chi connectivity index (χ0n) is 16.1. The molecule has 1 amide bonds.